The van der Waals surface area contributed by atoms with Crippen molar-refractivity contribution in [2.45, 2.75) is 26.1 Å². The van der Waals surface area contributed by atoms with Crippen molar-refractivity contribution >= 4 is 23.6 Å². The number of amides is 3. The summed E-state index contributed by atoms with van der Waals surface area (Å²) in [6, 6.07) is 24.7. The van der Waals surface area contributed by atoms with E-state index >= 15 is 0 Å². The molecule has 0 spiro atoms. The van der Waals surface area contributed by atoms with Crippen LogP contribution >= 0.6 is 0 Å². The number of anilines is 1. The van der Waals surface area contributed by atoms with Crippen LogP contribution in [0, 0.1) is 0 Å². The van der Waals surface area contributed by atoms with Crippen molar-refractivity contribution in [1.29, 1.82) is 0 Å². The van der Waals surface area contributed by atoms with Crippen LogP contribution in [0.5, 0.6) is 0 Å². The zero-order chi connectivity index (χ0) is 22.9. The first kappa shape index (κ1) is 22.6. The molecule has 7 heteroatoms. The normalized spacial score (nSPS) is 11.3. The smallest absolute Gasteiger partial charge is 0.338 e. The number of nitrogens with two attached hydrogens (primary N) is 1. The van der Waals surface area contributed by atoms with Crippen LogP contribution in [0.1, 0.15) is 28.4 Å². The number of ether oxygens (including phenoxy) is 1. The highest BCUT2D eigenvalue weighted by Crippen LogP contribution is 2.15. The quantitative estimate of drug-likeness (QED) is 0.527. The third-order valence-electron chi connectivity index (χ3n) is 4.76. The summed E-state index contributed by atoms with van der Waals surface area (Å²) in [5, 5.41) is 2.42. The first-order chi connectivity index (χ1) is 15.4. The Morgan fingerprint density at radius 1 is 0.844 bits per heavy atom. The molecule has 0 saturated heterocycles. The predicted octanol–water partition coefficient (Wildman–Crippen LogP) is 3.95. The van der Waals surface area contributed by atoms with Gasteiger partial charge in [-0.2, -0.15) is 0 Å². The van der Waals surface area contributed by atoms with Crippen LogP contribution in [0.3, 0.4) is 0 Å². The topological polar surface area (TPSA) is 102 Å². The fourth-order valence-corrected chi connectivity index (χ4v) is 3.19. The number of carbonyl (C=O) groups is 3. The number of hydrogen-bond donors (Lipinski definition) is 2. The summed E-state index contributed by atoms with van der Waals surface area (Å²) < 4.78 is 5.43. The summed E-state index contributed by atoms with van der Waals surface area (Å²) in [5.41, 5.74) is 7.75. The van der Waals surface area contributed by atoms with Crippen LogP contribution < -0.4 is 11.1 Å². The lowest BCUT2D eigenvalue weighted by Crippen LogP contribution is -2.39. The molecular weight excluding hydrogens is 406 g/mol. The molecule has 32 heavy (non-hydrogen) atoms. The van der Waals surface area contributed by atoms with Gasteiger partial charge in [0.15, 0.2) is 6.10 Å². The standard InChI is InChI=1S/C25H25N3O4/c1-18(32-24(30)21-12-14-22(15-13-21)27-25(26)31)23(29)28(16-19-8-4-2-5-9-19)17-20-10-6-3-7-11-20/h2-15,18H,16-17H2,1H3,(H3,26,27,31)/t18-/m1/s1. The highest BCUT2D eigenvalue weighted by Gasteiger charge is 2.25. The highest BCUT2D eigenvalue weighted by molar-refractivity contribution is 5.93. The van der Waals surface area contributed by atoms with Crippen molar-refractivity contribution in [1.82, 2.24) is 4.90 Å². The number of urea groups is 1. The summed E-state index contributed by atoms with van der Waals surface area (Å²) in [7, 11) is 0. The number of rotatable bonds is 8. The van der Waals surface area contributed by atoms with E-state index in [0.29, 0.717) is 18.8 Å². The van der Waals surface area contributed by atoms with E-state index in [9.17, 15) is 14.4 Å². The molecule has 0 radical (unpaired) electrons. The zero-order valence-corrected chi connectivity index (χ0v) is 17.7. The van der Waals surface area contributed by atoms with Crippen LogP contribution in [-0.4, -0.2) is 28.9 Å². The first-order valence-electron chi connectivity index (χ1n) is 10.2. The van der Waals surface area contributed by atoms with Crippen LogP contribution in [0.15, 0.2) is 84.9 Å². The maximum absolute atomic E-state index is 13.2. The van der Waals surface area contributed by atoms with Gasteiger partial charge in [0.2, 0.25) is 0 Å². The fraction of sp³-hybridized carbons (Fsp3) is 0.160. The lowest BCUT2D eigenvalue weighted by atomic mass is 10.1. The van der Waals surface area contributed by atoms with Crippen molar-refractivity contribution in [2.24, 2.45) is 5.73 Å². The third kappa shape index (κ3) is 6.43. The summed E-state index contributed by atoms with van der Waals surface area (Å²) >= 11 is 0. The maximum Gasteiger partial charge on any atom is 0.338 e. The molecule has 0 aromatic heterocycles. The van der Waals surface area contributed by atoms with Gasteiger partial charge in [-0.05, 0) is 42.3 Å². The van der Waals surface area contributed by atoms with E-state index in [2.05, 4.69) is 5.32 Å². The van der Waals surface area contributed by atoms with E-state index < -0.39 is 18.1 Å². The van der Waals surface area contributed by atoms with Gasteiger partial charge in [0.05, 0.1) is 5.56 Å². The van der Waals surface area contributed by atoms with E-state index in [1.807, 2.05) is 60.7 Å². The lowest BCUT2D eigenvalue weighted by Gasteiger charge is -2.26. The number of benzene rings is 3. The highest BCUT2D eigenvalue weighted by atomic mass is 16.5. The fourth-order valence-electron chi connectivity index (χ4n) is 3.19. The van der Waals surface area contributed by atoms with Gasteiger partial charge < -0.3 is 20.7 Å². The van der Waals surface area contributed by atoms with Gasteiger partial charge in [-0.1, -0.05) is 60.7 Å². The van der Waals surface area contributed by atoms with Crippen molar-refractivity contribution in [2.75, 3.05) is 5.32 Å². The molecule has 1 atom stereocenters. The molecule has 0 aliphatic carbocycles. The molecule has 0 aliphatic rings. The van der Waals surface area contributed by atoms with Gasteiger partial charge in [0.1, 0.15) is 0 Å². The minimum absolute atomic E-state index is 0.261. The minimum atomic E-state index is -0.974. The molecule has 3 aromatic rings. The second-order valence-electron chi connectivity index (χ2n) is 7.28. The third-order valence-corrected chi connectivity index (χ3v) is 4.76. The average molecular weight is 431 g/mol. The molecule has 3 N–H and O–H groups in total. The van der Waals surface area contributed by atoms with Gasteiger partial charge in [-0.15, -0.1) is 0 Å². The Kier molecular flexibility index (Phi) is 7.59. The van der Waals surface area contributed by atoms with Crippen LogP contribution in [0.25, 0.3) is 0 Å². The molecule has 164 valence electrons. The Morgan fingerprint density at radius 2 is 1.34 bits per heavy atom. The first-order valence-corrected chi connectivity index (χ1v) is 10.2. The Hall–Kier alpha value is -4.13. The van der Waals surface area contributed by atoms with Gasteiger partial charge in [-0.3, -0.25) is 4.79 Å². The Balaban J connectivity index is 1.70. The maximum atomic E-state index is 13.2. The molecular formula is C25H25N3O4. The molecule has 0 fully saturated rings. The number of carbonyl (C=O) groups excluding carboxylic acids is 3. The number of nitrogens with zero attached hydrogens (tertiary/aromatic N) is 1. The summed E-state index contributed by atoms with van der Waals surface area (Å²) in [6.45, 7) is 2.35. The van der Waals surface area contributed by atoms with E-state index in [4.69, 9.17) is 10.5 Å². The second-order valence-corrected chi connectivity index (χ2v) is 7.28. The monoisotopic (exact) mass is 431 g/mol. The molecule has 0 heterocycles. The summed E-state index contributed by atoms with van der Waals surface area (Å²) in [4.78, 5) is 38.3. The molecule has 3 rings (SSSR count). The molecule has 0 saturated carbocycles. The second kappa shape index (κ2) is 10.8. The number of primary amides is 1. The van der Waals surface area contributed by atoms with Crippen molar-refractivity contribution < 1.29 is 19.1 Å². The molecule has 3 aromatic carbocycles. The minimum Gasteiger partial charge on any atom is -0.449 e. The lowest BCUT2D eigenvalue weighted by molar-refractivity contribution is -0.141. The predicted molar refractivity (Wildman–Crippen MR) is 122 cm³/mol. The van der Waals surface area contributed by atoms with Gasteiger partial charge in [0.25, 0.3) is 5.91 Å². The molecule has 7 nitrogen and oxygen atoms in total. The molecule has 0 bridgehead atoms. The SMILES string of the molecule is C[C@@H](OC(=O)c1ccc(NC(N)=O)cc1)C(=O)N(Cc1ccccc1)Cc1ccccc1. The summed E-state index contributed by atoms with van der Waals surface area (Å²) in [6.07, 6.45) is -0.974. The van der Waals surface area contributed by atoms with E-state index in [0.717, 1.165) is 11.1 Å². The van der Waals surface area contributed by atoms with Gasteiger partial charge in [-0.25, -0.2) is 9.59 Å². The molecule has 3 amide bonds. The van der Waals surface area contributed by atoms with E-state index in [1.54, 1.807) is 11.8 Å². The Morgan fingerprint density at radius 3 is 1.81 bits per heavy atom. The largest absolute Gasteiger partial charge is 0.449 e. The Bertz CT molecular complexity index is 1010. The van der Waals surface area contributed by atoms with Gasteiger partial charge in [0, 0.05) is 18.8 Å². The van der Waals surface area contributed by atoms with Crippen LogP contribution in [0.2, 0.25) is 0 Å². The van der Waals surface area contributed by atoms with Crippen molar-refractivity contribution in [3.8, 4) is 0 Å². The number of nitrogens with one attached hydrogen (secondary N) is 1. The summed E-state index contributed by atoms with van der Waals surface area (Å²) in [5.74, 6) is -0.922. The van der Waals surface area contributed by atoms with Crippen molar-refractivity contribution in [3.05, 3.63) is 102 Å². The van der Waals surface area contributed by atoms with Crippen LogP contribution in [0.4, 0.5) is 10.5 Å². The Labute approximate surface area is 186 Å². The van der Waals surface area contributed by atoms with Gasteiger partial charge >= 0.3 is 12.0 Å². The number of hydrogen-bond acceptors (Lipinski definition) is 4. The van der Waals surface area contributed by atoms with E-state index in [-0.39, 0.29) is 11.5 Å². The zero-order valence-electron chi connectivity index (χ0n) is 17.7. The average Bonchev–Trinajstić information content (AvgIpc) is 2.79. The van der Waals surface area contributed by atoms with Crippen LogP contribution in [-0.2, 0) is 22.6 Å². The van der Waals surface area contributed by atoms with Crippen molar-refractivity contribution in [3.63, 3.8) is 0 Å². The molecule has 0 aliphatic heterocycles. The molecule has 0 unspecified atom stereocenters. The van der Waals surface area contributed by atoms with E-state index in [1.165, 1.54) is 24.3 Å². The number of esters is 1.